The van der Waals surface area contributed by atoms with E-state index in [0.29, 0.717) is 5.56 Å². The molecule has 1 fully saturated rings. The van der Waals surface area contributed by atoms with Gasteiger partial charge in [-0.25, -0.2) is 4.39 Å². The highest BCUT2D eigenvalue weighted by atomic mass is 32.2. The summed E-state index contributed by atoms with van der Waals surface area (Å²) in [5, 5.41) is 9.03. The Labute approximate surface area is 156 Å². The fourth-order valence-electron chi connectivity index (χ4n) is 3.18. The van der Waals surface area contributed by atoms with Gasteiger partial charge >= 0.3 is 0 Å². The van der Waals surface area contributed by atoms with Gasteiger partial charge < -0.3 is 10.3 Å². The molecule has 0 aromatic heterocycles. The van der Waals surface area contributed by atoms with E-state index in [1.54, 1.807) is 24.3 Å². The van der Waals surface area contributed by atoms with Crippen molar-refractivity contribution in [2.24, 2.45) is 0 Å². The van der Waals surface area contributed by atoms with Gasteiger partial charge in [-0.3, -0.25) is 0 Å². The summed E-state index contributed by atoms with van der Waals surface area (Å²) in [6.07, 6.45) is 0.728. The van der Waals surface area contributed by atoms with Crippen molar-refractivity contribution in [2.45, 2.75) is 43.4 Å². The van der Waals surface area contributed by atoms with Crippen LogP contribution >= 0.6 is 0 Å². The maximum atomic E-state index is 13.6. The first kappa shape index (κ1) is 18.7. The number of rotatable bonds is 4. The highest BCUT2D eigenvalue weighted by molar-refractivity contribution is 7.90. The molecular formula is C20H22FN3OS. The molecule has 0 spiro atoms. The maximum absolute atomic E-state index is 13.6. The van der Waals surface area contributed by atoms with Gasteiger partial charge in [-0.2, -0.15) is 5.26 Å². The van der Waals surface area contributed by atoms with Crippen molar-refractivity contribution in [3.8, 4) is 6.07 Å². The van der Waals surface area contributed by atoms with Crippen LogP contribution in [-0.4, -0.2) is 15.3 Å². The first-order valence-corrected chi connectivity index (χ1v) is 9.57. The SMILES string of the molecule is CC(C)(C)[S@+]([O-])N[C@H]1C[C@]1(c1ccc(C#N)cc1)c1ccc(F)c(N)c1. The van der Waals surface area contributed by atoms with Crippen LogP contribution < -0.4 is 10.5 Å². The van der Waals surface area contributed by atoms with E-state index in [-0.39, 0.29) is 16.5 Å². The summed E-state index contributed by atoms with van der Waals surface area (Å²) in [6, 6.07) is 14.1. The molecule has 2 aromatic rings. The Balaban J connectivity index is 2.00. The van der Waals surface area contributed by atoms with Crippen LogP contribution in [0, 0.1) is 17.1 Å². The second-order valence-electron chi connectivity index (χ2n) is 7.65. The van der Waals surface area contributed by atoms with Gasteiger partial charge in [0.1, 0.15) is 10.6 Å². The molecule has 1 aliphatic carbocycles. The number of halogens is 1. The Morgan fingerprint density at radius 1 is 1.23 bits per heavy atom. The molecule has 0 amide bonds. The van der Waals surface area contributed by atoms with Crippen molar-refractivity contribution in [3.05, 3.63) is 65.0 Å². The fraction of sp³-hybridized carbons (Fsp3) is 0.350. The Morgan fingerprint density at radius 2 is 1.85 bits per heavy atom. The van der Waals surface area contributed by atoms with Gasteiger partial charge in [-0.15, -0.1) is 4.72 Å². The number of hydrogen-bond acceptors (Lipinski definition) is 4. The molecule has 2 aromatic carbocycles. The highest BCUT2D eigenvalue weighted by Crippen LogP contribution is 2.54. The summed E-state index contributed by atoms with van der Waals surface area (Å²) in [6.45, 7) is 5.74. The predicted molar refractivity (Wildman–Crippen MR) is 102 cm³/mol. The van der Waals surface area contributed by atoms with Crippen molar-refractivity contribution >= 4 is 17.0 Å². The van der Waals surface area contributed by atoms with Crippen LogP contribution in [0.3, 0.4) is 0 Å². The van der Waals surface area contributed by atoms with Crippen LogP contribution in [0.4, 0.5) is 10.1 Å². The zero-order chi connectivity index (χ0) is 19.1. The fourth-order valence-corrected chi connectivity index (χ4v) is 4.08. The van der Waals surface area contributed by atoms with Crippen LogP contribution in [0.1, 0.15) is 43.9 Å². The minimum atomic E-state index is -1.22. The number of nitrogens with one attached hydrogen (secondary N) is 1. The van der Waals surface area contributed by atoms with Crippen LogP contribution in [-0.2, 0) is 16.8 Å². The lowest BCUT2D eigenvalue weighted by molar-refractivity contribution is 0.539. The maximum Gasteiger partial charge on any atom is 0.146 e. The molecule has 4 nitrogen and oxygen atoms in total. The average Bonchev–Trinajstić information content (AvgIpc) is 3.31. The number of nitrogens with two attached hydrogens (primary N) is 1. The third-order valence-electron chi connectivity index (χ3n) is 4.81. The lowest BCUT2D eigenvalue weighted by atomic mass is 9.86. The first-order valence-electron chi connectivity index (χ1n) is 8.42. The molecule has 0 aliphatic heterocycles. The van der Waals surface area contributed by atoms with Gasteiger partial charge in [-0.1, -0.05) is 18.2 Å². The topological polar surface area (TPSA) is 84.9 Å². The summed E-state index contributed by atoms with van der Waals surface area (Å²) >= 11 is -1.22. The Morgan fingerprint density at radius 3 is 2.38 bits per heavy atom. The van der Waals surface area contributed by atoms with E-state index in [0.717, 1.165) is 17.5 Å². The average molecular weight is 371 g/mol. The monoisotopic (exact) mass is 371 g/mol. The van der Waals surface area contributed by atoms with Gasteiger partial charge in [0.2, 0.25) is 0 Å². The summed E-state index contributed by atoms with van der Waals surface area (Å²) in [4.78, 5) is 0. The minimum Gasteiger partial charge on any atom is -0.598 e. The second kappa shape index (κ2) is 6.58. The zero-order valence-corrected chi connectivity index (χ0v) is 15.9. The first-order chi connectivity index (χ1) is 12.2. The van der Waals surface area contributed by atoms with E-state index in [4.69, 9.17) is 11.0 Å². The van der Waals surface area contributed by atoms with Crippen molar-refractivity contribution in [2.75, 3.05) is 5.73 Å². The Bertz CT molecular complexity index is 857. The van der Waals surface area contributed by atoms with Gasteiger partial charge in [-0.05, 0) is 62.6 Å². The van der Waals surface area contributed by atoms with Gasteiger partial charge in [0, 0.05) is 16.8 Å². The summed E-state index contributed by atoms with van der Waals surface area (Å²) in [5.41, 5.74) is 7.89. The normalized spacial score (nSPS) is 23.3. The van der Waals surface area contributed by atoms with E-state index >= 15 is 0 Å². The zero-order valence-electron chi connectivity index (χ0n) is 15.0. The summed E-state index contributed by atoms with van der Waals surface area (Å²) in [7, 11) is 0. The second-order valence-corrected chi connectivity index (χ2v) is 9.65. The molecule has 0 heterocycles. The molecule has 0 saturated heterocycles. The van der Waals surface area contributed by atoms with Crippen LogP contribution in [0.25, 0.3) is 0 Å². The third kappa shape index (κ3) is 3.30. The molecule has 136 valence electrons. The van der Waals surface area contributed by atoms with Gasteiger partial charge in [0.25, 0.3) is 0 Å². The number of hydrogen-bond donors (Lipinski definition) is 2. The predicted octanol–water partition coefficient (Wildman–Crippen LogP) is 3.39. The number of nitriles is 1. The molecular weight excluding hydrogens is 349 g/mol. The van der Waals surface area contributed by atoms with Crippen molar-refractivity contribution < 1.29 is 8.94 Å². The third-order valence-corrected chi connectivity index (χ3v) is 6.42. The van der Waals surface area contributed by atoms with Gasteiger partial charge in [0.15, 0.2) is 0 Å². The Hall–Kier alpha value is -2.07. The number of anilines is 1. The van der Waals surface area contributed by atoms with E-state index in [1.165, 1.54) is 6.07 Å². The molecule has 0 radical (unpaired) electrons. The van der Waals surface area contributed by atoms with Gasteiger partial charge in [0.05, 0.1) is 23.4 Å². The molecule has 3 rings (SSSR count). The van der Waals surface area contributed by atoms with Crippen molar-refractivity contribution in [3.63, 3.8) is 0 Å². The molecule has 26 heavy (non-hydrogen) atoms. The van der Waals surface area contributed by atoms with Crippen LogP contribution in [0.15, 0.2) is 42.5 Å². The van der Waals surface area contributed by atoms with Crippen molar-refractivity contribution in [1.82, 2.24) is 4.72 Å². The van der Waals surface area contributed by atoms with E-state index < -0.39 is 22.6 Å². The Kier molecular flexibility index (Phi) is 4.74. The number of benzene rings is 2. The standard InChI is InChI=1S/C20H22FN3OS/c1-19(2,3)26(25)24-18-11-20(18,14-6-4-13(12-22)5-7-14)15-8-9-16(21)17(23)10-15/h4-10,18,24H,11,23H2,1-3H3/t18-,20-,26-/m0/s1. The molecule has 0 unspecified atom stereocenters. The highest BCUT2D eigenvalue weighted by Gasteiger charge is 2.59. The van der Waals surface area contributed by atoms with E-state index in [1.807, 2.05) is 32.9 Å². The summed E-state index contributed by atoms with van der Waals surface area (Å²) < 4.78 is 29.0. The van der Waals surface area contributed by atoms with Crippen LogP contribution in [0.2, 0.25) is 0 Å². The molecule has 1 saturated carbocycles. The quantitative estimate of drug-likeness (QED) is 0.637. The molecule has 1 aliphatic rings. The lowest BCUT2D eigenvalue weighted by Gasteiger charge is -2.26. The molecule has 3 N–H and O–H groups in total. The smallest absolute Gasteiger partial charge is 0.146 e. The molecule has 3 atom stereocenters. The lowest BCUT2D eigenvalue weighted by Crippen LogP contribution is -2.42. The van der Waals surface area contributed by atoms with E-state index in [9.17, 15) is 8.94 Å². The minimum absolute atomic E-state index is 0.0552. The number of nitrogens with zero attached hydrogens (tertiary/aromatic N) is 1. The largest absolute Gasteiger partial charge is 0.598 e. The molecule has 6 heteroatoms. The van der Waals surface area contributed by atoms with Crippen molar-refractivity contribution in [1.29, 1.82) is 5.26 Å². The molecule has 0 bridgehead atoms. The summed E-state index contributed by atoms with van der Waals surface area (Å²) in [5.74, 6) is -0.452. The van der Waals surface area contributed by atoms with E-state index in [2.05, 4.69) is 10.8 Å². The number of nitrogen functional groups attached to an aromatic ring is 1. The van der Waals surface area contributed by atoms with Crippen LogP contribution in [0.5, 0.6) is 0 Å².